The Kier molecular flexibility index (Phi) is 4.58. The molecule has 2 rings (SSSR count). The molecule has 7 heteroatoms. The second-order valence-corrected chi connectivity index (χ2v) is 6.08. The largest absolute Gasteiger partial charge is 0.497 e. The van der Waals surface area contributed by atoms with Crippen molar-refractivity contribution in [2.45, 2.75) is 25.8 Å². The minimum atomic E-state index is -1.15. The van der Waals surface area contributed by atoms with E-state index in [1.165, 1.54) is 13.8 Å². The van der Waals surface area contributed by atoms with Crippen LogP contribution in [0, 0.1) is 5.92 Å². The van der Waals surface area contributed by atoms with Gasteiger partial charge in [-0.1, -0.05) is 0 Å². The zero-order valence-electron chi connectivity index (χ0n) is 13.5. The van der Waals surface area contributed by atoms with Crippen LogP contribution < -0.4 is 20.7 Å². The predicted octanol–water partition coefficient (Wildman–Crippen LogP) is 0.428. The summed E-state index contributed by atoms with van der Waals surface area (Å²) >= 11 is 0. The maximum absolute atomic E-state index is 12.3. The van der Waals surface area contributed by atoms with Gasteiger partial charge >= 0.3 is 0 Å². The van der Waals surface area contributed by atoms with E-state index in [1.54, 1.807) is 36.3 Å². The summed E-state index contributed by atoms with van der Waals surface area (Å²) in [5.74, 6) is -0.923. The highest BCUT2D eigenvalue weighted by Crippen LogP contribution is 2.27. The molecule has 7 nitrogen and oxygen atoms in total. The van der Waals surface area contributed by atoms with E-state index >= 15 is 0 Å². The molecule has 0 bridgehead atoms. The zero-order valence-corrected chi connectivity index (χ0v) is 13.5. The number of nitrogens with one attached hydrogen (secondary N) is 1. The Hall–Kier alpha value is -2.57. The Labute approximate surface area is 134 Å². The molecule has 124 valence electrons. The molecule has 0 unspecified atom stereocenters. The van der Waals surface area contributed by atoms with Crippen LogP contribution in [0.15, 0.2) is 24.3 Å². The number of anilines is 1. The number of rotatable bonds is 5. The molecular formula is C16H21N3O4. The molecule has 1 heterocycles. The lowest BCUT2D eigenvalue weighted by Crippen LogP contribution is -2.54. The number of primary amides is 1. The molecule has 1 aromatic carbocycles. The van der Waals surface area contributed by atoms with Crippen molar-refractivity contribution in [3.8, 4) is 5.75 Å². The first-order chi connectivity index (χ1) is 10.7. The number of hydrogen-bond acceptors (Lipinski definition) is 4. The predicted molar refractivity (Wildman–Crippen MR) is 84.9 cm³/mol. The van der Waals surface area contributed by atoms with Crippen LogP contribution in [0.2, 0.25) is 0 Å². The van der Waals surface area contributed by atoms with Crippen LogP contribution in [0.25, 0.3) is 0 Å². The molecule has 3 amide bonds. The summed E-state index contributed by atoms with van der Waals surface area (Å²) < 4.78 is 5.08. The van der Waals surface area contributed by atoms with Gasteiger partial charge in [0.1, 0.15) is 11.3 Å². The molecule has 0 radical (unpaired) electrons. The van der Waals surface area contributed by atoms with Crippen LogP contribution in [-0.4, -0.2) is 36.9 Å². The molecule has 0 aliphatic carbocycles. The van der Waals surface area contributed by atoms with Gasteiger partial charge in [-0.3, -0.25) is 14.4 Å². The Bertz CT molecular complexity index is 625. The van der Waals surface area contributed by atoms with E-state index in [1.807, 2.05) is 0 Å². The monoisotopic (exact) mass is 319 g/mol. The minimum Gasteiger partial charge on any atom is -0.497 e. The van der Waals surface area contributed by atoms with Gasteiger partial charge in [-0.2, -0.15) is 0 Å². The number of carbonyl (C=O) groups excluding carboxylic acids is 3. The minimum absolute atomic E-state index is 0.104. The quantitative estimate of drug-likeness (QED) is 0.821. The highest BCUT2D eigenvalue weighted by Gasteiger charge is 2.38. The van der Waals surface area contributed by atoms with Gasteiger partial charge < -0.3 is 20.7 Å². The average molecular weight is 319 g/mol. The number of nitrogens with two attached hydrogens (primary N) is 1. The van der Waals surface area contributed by atoms with Crippen molar-refractivity contribution < 1.29 is 19.1 Å². The fourth-order valence-electron chi connectivity index (χ4n) is 2.37. The number of hydrogen-bond donors (Lipinski definition) is 2. The van der Waals surface area contributed by atoms with Crippen molar-refractivity contribution in [1.29, 1.82) is 0 Å². The summed E-state index contributed by atoms with van der Waals surface area (Å²) in [6.07, 6.45) is 0.104. The van der Waals surface area contributed by atoms with Crippen LogP contribution in [0.5, 0.6) is 5.75 Å². The number of carbonyl (C=O) groups is 3. The van der Waals surface area contributed by atoms with E-state index in [0.717, 1.165) is 0 Å². The lowest BCUT2D eigenvalue weighted by molar-refractivity contribution is -0.132. The van der Waals surface area contributed by atoms with E-state index in [4.69, 9.17) is 10.5 Å². The van der Waals surface area contributed by atoms with Crippen LogP contribution in [0.1, 0.15) is 20.3 Å². The summed E-state index contributed by atoms with van der Waals surface area (Å²) in [4.78, 5) is 37.3. The van der Waals surface area contributed by atoms with Crippen molar-refractivity contribution in [2.75, 3.05) is 18.6 Å². The van der Waals surface area contributed by atoms with Crippen LogP contribution >= 0.6 is 0 Å². The fourth-order valence-corrected chi connectivity index (χ4v) is 2.37. The van der Waals surface area contributed by atoms with Gasteiger partial charge in [-0.25, -0.2) is 0 Å². The molecule has 0 aromatic heterocycles. The number of amides is 3. The third-order valence-corrected chi connectivity index (χ3v) is 3.93. The Morgan fingerprint density at radius 1 is 1.30 bits per heavy atom. The number of ether oxygens (including phenoxy) is 1. The van der Waals surface area contributed by atoms with Gasteiger partial charge in [0.2, 0.25) is 17.7 Å². The zero-order chi connectivity index (χ0) is 17.2. The summed E-state index contributed by atoms with van der Waals surface area (Å²) in [6.45, 7) is 3.34. The summed E-state index contributed by atoms with van der Waals surface area (Å²) in [5, 5.41) is 2.60. The van der Waals surface area contributed by atoms with Crippen LogP contribution in [0.3, 0.4) is 0 Å². The molecule has 1 atom stereocenters. The fraction of sp³-hybridized carbons (Fsp3) is 0.438. The second kappa shape index (κ2) is 6.28. The molecule has 1 aliphatic heterocycles. The first-order valence-electron chi connectivity index (χ1n) is 7.31. The van der Waals surface area contributed by atoms with Gasteiger partial charge in [-0.05, 0) is 38.1 Å². The molecule has 1 aliphatic rings. The molecule has 0 spiro atoms. The summed E-state index contributed by atoms with van der Waals surface area (Å²) in [5.41, 5.74) is 4.81. The Balaban J connectivity index is 2.07. The molecule has 1 aromatic rings. The number of nitrogens with zero attached hydrogens (tertiary/aromatic N) is 1. The lowest BCUT2D eigenvalue weighted by atomic mass is 10.0. The van der Waals surface area contributed by atoms with E-state index in [2.05, 4.69) is 5.32 Å². The van der Waals surface area contributed by atoms with Crippen molar-refractivity contribution >= 4 is 23.4 Å². The van der Waals surface area contributed by atoms with E-state index in [9.17, 15) is 14.4 Å². The number of benzene rings is 1. The Morgan fingerprint density at radius 3 is 2.43 bits per heavy atom. The lowest BCUT2D eigenvalue weighted by Gasteiger charge is -2.24. The molecule has 1 saturated heterocycles. The van der Waals surface area contributed by atoms with Crippen molar-refractivity contribution in [3.63, 3.8) is 0 Å². The average Bonchev–Trinajstić information content (AvgIpc) is 2.89. The van der Waals surface area contributed by atoms with Gasteiger partial charge in [-0.15, -0.1) is 0 Å². The second-order valence-electron chi connectivity index (χ2n) is 6.08. The topological polar surface area (TPSA) is 102 Å². The summed E-state index contributed by atoms with van der Waals surface area (Å²) in [6, 6.07) is 7.05. The standard InChI is InChI=1S/C16H21N3O4/c1-16(2,15(17)22)18-14(21)10-8-13(20)19(9-10)11-4-6-12(23-3)7-5-11/h4-7,10H,8-9H2,1-3H3,(H2,17,22)(H,18,21)/t10-/m1/s1. The van der Waals surface area contributed by atoms with Crippen molar-refractivity contribution in [1.82, 2.24) is 5.32 Å². The third-order valence-electron chi connectivity index (χ3n) is 3.93. The highest BCUT2D eigenvalue weighted by atomic mass is 16.5. The molecular weight excluding hydrogens is 298 g/mol. The van der Waals surface area contributed by atoms with Gasteiger partial charge in [0.05, 0.1) is 13.0 Å². The maximum Gasteiger partial charge on any atom is 0.242 e. The van der Waals surface area contributed by atoms with E-state index in [0.29, 0.717) is 11.4 Å². The first kappa shape index (κ1) is 16.8. The smallest absolute Gasteiger partial charge is 0.242 e. The van der Waals surface area contributed by atoms with E-state index in [-0.39, 0.29) is 24.8 Å². The molecule has 23 heavy (non-hydrogen) atoms. The Morgan fingerprint density at radius 2 is 1.91 bits per heavy atom. The van der Waals surface area contributed by atoms with E-state index < -0.39 is 17.4 Å². The molecule has 3 N–H and O–H groups in total. The third kappa shape index (κ3) is 3.61. The molecule has 0 saturated carbocycles. The first-order valence-corrected chi connectivity index (χ1v) is 7.31. The summed E-state index contributed by atoms with van der Waals surface area (Å²) in [7, 11) is 1.57. The normalized spacial score (nSPS) is 18.0. The number of methoxy groups -OCH3 is 1. The van der Waals surface area contributed by atoms with Crippen LogP contribution in [-0.2, 0) is 14.4 Å². The van der Waals surface area contributed by atoms with Crippen molar-refractivity contribution in [2.24, 2.45) is 11.7 Å². The van der Waals surface area contributed by atoms with Gasteiger partial charge in [0.15, 0.2) is 0 Å². The molecule has 1 fully saturated rings. The SMILES string of the molecule is COc1ccc(N2C[C@H](C(=O)NC(C)(C)C(N)=O)CC2=O)cc1. The highest BCUT2D eigenvalue weighted by molar-refractivity contribution is 6.01. The maximum atomic E-state index is 12.3. The van der Waals surface area contributed by atoms with Gasteiger partial charge in [0, 0.05) is 18.7 Å². The van der Waals surface area contributed by atoms with Gasteiger partial charge in [0.25, 0.3) is 0 Å². The van der Waals surface area contributed by atoms with Crippen LogP contribution in [0.4, 0.5) is 5.69 Å². The van der Waals surface area contributed by atoms with Crippen molar-refractivity contribution in [3.05, 3.63) is 24.3 Å².